The lowest BCUT2D eigenvalue weighted by molar-refractivity contribution is 0.118. The van der Waals surface area contributed by atoms with Crippen molar-refractivity contribution in [3.05, 3.63) is 65.3 Å². The van der Waals surface area contributed by atoms with E-state index in [1.165, 1.54) is 15.6 Å². The smallest absolute Gasteiger partial charge is 0.350 e. The first-order chi connectivity index (χ1) is 15.0. The second-order valence-electron chi connectivity index (χ2n) is 7.95. The highest BCUT2D eigenvalue weighted by atomic mass is 16.3. The number of nitrogens with zero attached hydrogens (tertiary/aromatic N) is 5. The molecule has 2 N–H and O–H groups in total. The number of rotatable bonds is 6. The molecule has 2 heterocycles. The Labute approximate surface area is 181 Å². The second kappa shape index (κ2) is 8.85. The monoisotopic (exact) mass is 423 g/mol. The summed E-state index contributed by atoms with van der Waals surface area (Å²) >= 11 is 0. The number of aliphatic hydroxyl groups is 1. The van der Waals surface area contributed by atoms with Crippen LogP contribution in [0.2, 0.25) is 0 Å². The van der Waals surface area contributed by atoms with Crippen molar-refractivity contribution in [3.8, 4) is 11.4 Å². The van der Waals surface area contributed by atoms with Gasteiger partial charge in [-0.05, 0) is 61.9 Å². The van der Waals surface area contributed by atoms with Crippen LogP contribution in [0.1, 0.15) is 26.3 Å². The molecule has 8 heteroatoms. The first-order valence-corrected chi connectivity index (χ1v) is 10.7. The van der Waals surface area contributed by atoms with Gasteiger partial charge in [0.05, 0.1) is 17.8 Å². The molecule has 31 heavy (non-hydrogen) atoms. The van der Waals surface area contributed by atoms with Crippen LogP contribution < -0.4 is 15.5 Å². The highest BCUT2D eigenvalue weighted by Crippen LogP contribution is 2.23. The van der Waals surface area contributed by atoms with Gasteiger partial charge in [-0.25, -0.2) is 14.0 Å². The number of anilines is 2. The van der Waals surface area contributed by atoms with Crippen molar-refractivity contribution >= 4 is 11.4 Å². The molecule has 164 valence electrons. The summed E-state index contributed by atoms with van der Waals surface area (Å²) in [5.74, 6) is 0.281. The highest BCUT2D eigenvalue weighted by Gasteiger charge is 2.21. The largest absolute Gasteiger partial charge is 0.508 e. The first-order valence-electron chi connectivity index (χ1n) is 10.7. The van der Waals surface area contributed by atoms with Crippen LogP contribution in [0.5, 0.6) is 5.75 Å². The van der Waals surface area contributed by atoms with Gasteiger partial charge >= 0.3 is 5.69 Å². The van der Waals surface area contributed by atoms with E-state index in [1.807, 2.05) is 43.3 Å². The first kappa shape index (κ1) is 21.0. The van der Waals surface area contributed by atoms with Crippen LogP contribution in [0.3, 0.4) is 0 Å². The lowest BCUT2D eigenvalue weighted by Crippen LogP contribution is -2.46. The molecule has 0 aliphatic carbocycles. The zero-order valence-electron chi connectivity index (χ0n) is 17.9. The minimum absolute atomic E-state index is 0.247. The Balaban J connectivity index is 1.44. The third kappa shape index (κ3) is 4.29. The van der Waals surface area contributed by atoms with Crippen molar-refractivity contribution in [2.45, 2.75) is 32.4 Å². The average molecular weight is 424 g/mol. The van der Waals surface area contributed by atoms with Gasteiger partial charge in [0, 0.05) is 37.6 Å². The molecule has 8 nitrogen and oxygen atoms in total. The number of aromatic nitrogens is 3. The molecular weight excluding hydrogens is 394 g/mol. The number of phenols is 1. The summed E-state index contributed by atoms with van der Waals surface area (Å²) in [7, 11) is 0. The van der Waals surface area contributed by atoms with Crippen molar-refractivity contribution in [2.75, 3.05) is 36.0 Å². The molecule has 1 aliphatic rings. The van der Waals surface area contributed by atoms with E-state index < -0.39 is 6.10 Å². The molecule has 1 fully saturated rings. The van der Waals surface area contributed by atoms with Crippen LogP contribution >= 0.6 is 0 Å². The van der Waals surface area contributed by atoms with Crippen molar-refractivity contribution in [1.29, 1.82) is 0 Å². The SMILES string of the molecule is CCC([C@H](C)O)n1ncn(-c2ccc(N3CCN(c4ccc(O)cc4)CC3)cc2)c1=O. The fourth-order valence-corrected chi connectivity index (χ4v) is 4.15. The zero-order chi connectivity index (χ0) is 22.0. The molecule has 2 atom stereocenters. The molecule has 1 aliphatic heterocycles. The Morgan fingerprint density at radius 3 is 1.87 bits per heavy atom. The van der Waals surface area contributed by atoms with Gasteiger partial charge in [-0.2, -0.15) is 5.10 Å². The van der Waals surface area contributed by atoms with Crippen molar-refractivity contribution in [3.63, 3.8) is 0 Å². The van der Waals surface area contributed by atoms with Crippen LogP contribution in [0, 0.1) is 0 Å². The number of aliphatic hydroxyl groups excluding tert-OH is 1. The summed E-state index contributed by atoms with van der Waals surface area (Å²) in [5, 5.41) is 23.6. The molecule has 1 unspecified atom stereocenters. The van der Waals surface area contributed by atoms with E-state index >= 15 is 0 Å². The second-order valence-corrected chi connectivity index (χ2v) is 7.95. The maximum atomic E-state index is 12.8. The Hall–Kier alpha value is -3.26. The Bertz CT molecular complexity index is 1050. The van der Waals surface area contributed by atoms with E-state index in [2.05, 4.69) is 14.9 Å². The van der Waals surface area contributed by atoms with E-state index in [0.717, 1.165) is 43.2 Å². The van der Waals surface area contributed by atoms with Crippen molar-refractivity contribution in [1.82, 2.24) is 14.3 Å². The van der Waals surface area contributed by atoms with E-state index in [-0.39, 0.29) is 17.5 Å². The van der Waals surface area contributed by atoms with E-state index in [1.54, 1.807) is 19.1 Å². The molecule has 0 radical (unpaired) electrons. The van der Waals surface area contributed by atoms with Crippen LogP contribution in [0.15, 0.2) is 59.7 Å². The Morgan fingerprint density at radius 1 is 0.903 bits per heavy atom. The summed E-state index contributed by atoms with van der Waals surface area (Å²) in [4.78, 5) is 17.4. The number of phenolic OH excluding ortho intramolecular Hbond substituents is 1. The van der Waals surface area contributed by atoms with Gasteiger partial charge in [-0.15, -0.1) is 0 Å². The summed E-state index contributed by atoms with van der Waals surface area (Å²) in [6.07, 6.45) is 1.50. The molecule has 1 saturated heterocycles. The number of benzene rings is 2. The van der Waals surface area contributed by atoms with Gasteiger partial charge in [0.1, 0.15) is 12.1 Å². The summed E-state index contributed by atoms with van der Waals surface area (Å²) < 4.78 is 2.87. The Morgan fingerprint density at radius 2 is 1.39 bits per heavy atom. The molecule has 0 spiro atoms. The third-order valence-corrected chi connectivity index (χ3v) is 5.97. The van der Waals surface area contributed by atoms with Gasteiger partial charge < -0.3 is 20.0 Å². The minimum atomic E-state index is -0.645. The van der Waals surface area contributed by atoms with Gasteiger partial charge in [0.15, 0.2) is 0 Å². The maximum Gasteiger partial charge on any atom is 0.350 e. The molecular formula is C23H29N5O3. The number of hydrogen-bond donors (Lipinski definition) is 2. The van der Waals surface area contributed by atoms with Crippen molar-refractivity contribution in [2.24, 2.45) is 0 Å². The van der Waals surface area contributed by atoms with E-state index in [0.29, 0.717) is 6.42 Å². The van der Waals surface area contributed by atoms with Crippen LogP contribution in [-0.4, -0.2) is 56.8 Å². The Kier molecular flexibility index (Phi) is 5.99. The molecule has 3 aromatic rings. The third-order valence-electron chi connectivity index (χ3n) is 5.97. The highest BCUT2D eigenvalue weighted by molar-refractivity contribution is 5.54. The number of hydrogen-bond acceptors (Lipinski definition) is 6. The predicted octanol–water partition coefficient (Wildman–Crippen LogP) is 2.40. The molecule has 0 amide bonds. The fraction of sp³-hybridized carbons (Fsp3) is 0.391. The van der Waals surface area contributed by atoms with Gasteiger partial charge in [0.25, 0.3) is 0 Å². The van der Waals surface area contributed by atoms with Crippen LogP contribution in [0.4, 0.5) is 11.4 Å². The summed E-state index contributed by atoms with van der Waals surface area (Å²) in [6, 6.07) is 14.9. The number of aromatic hydroxyl groups is 1. The van der Waals surface area contributed by atoms with Crippen LogP contribution in [-0.2, 0) is 0 Å². The maximum absolute atomic E-state index is 12.8. The standard InChI is InChI=1S/C23H29N5O3/c1-3-22(17(2)29)28-23(31)27(16-24-28)20-6-4-18(5-7-20)25-12-14-26(15-13-25)19-8-10-21(30)11-9-19/h4-11,16-17,22,29-30H,3,12-15H2,1-2H3/t17-,22?/m0/s1. The number of piperazine rings is 1. The molecule has 2 aromatic carbocycles. The molecule has 4 rings (SSSR count). The topological polar surface area (TPSA) is 86.8 Å². The fourth-order valence-electron chi connectivity index (χ4n) is 4.15. The predicted molar refractivity (Wildman–Crippen MR) is 121 cm³/mol. The average Bonchev–Trinajstić information content (AvgIpc) is 3.16. The van der Waals surface area contributed by atoms with Gasteiger partial charge in [-0.1, -0.05) is 6.92 Å². The molecule has 0 bridgehead atoms. The molecule has 0 saturated carbocycles. The summed E-state index contributed by atoms with van der Waals surface area (Å²) in [6.45, 7) is 7.19. The van der Waals surface area contributed by atoms with Gasteiger partial charge in [0.2, 0.25) is 0 Å². The normalized spacial score (nSPS) is 16.4. The van der Waals surface area contributed by atoms with Crippen LogP contribution in [0.25, 0.3) is 5.69 Å². The lowest BCUT2D eigenvalue weighted by atomic mass is 10.1. The summed E-state index contributed by atoms with van der Waals surface area (Å²) in [5.41, 5.74) is 2.74. The lowest BCUT2D eigenvalue weighted by Gasteiger charge is -2.37. The molecule has 1 aromatic heterocycles. The van der Waals surface area contributed by atoms with E-state index in [4.69, 9.17) is 0 Å². The van der Waals surface area contributed by atoms with Gasteiger partial charge in [-0.3, -0.25) is 0 Å². The zero-order valence-corrected chi connectivity index (χ0v) is 17.9. The quantitative estimate of drug-likeness (QED) is 0.633. The minimum Gasteiger partial charge on any atom is -0.508 e. The van der Waals surface area contributed by atoms with E-state index in [9.17, 15) is 15.0 Å². The van der Waals surface area contributed by atoms with Crippen molar-refractivity contribution < 1.29 is 10.2 Å².